The predicted octanol–water partition coefficient (Wildman–Crippen LogP) is 4.03. The van der Waals surface area contributed by atoms with Gasteiger partial charge in [-0.05, 0) is 48.4 Å². The zero-order chi connectivity index (χ0) is 12.1. The van der Waals surface area contributed by atoms with E-state index >= 15 is 0 Å². The highest BCUT2D eigenvalue weighted by molar-refractivity contribution is 7.98. The summed E-state index contributed by atoms with van der Waals surface area (Å²) < 4.78 is 0. The lowest BCUT2D eigenvalue weighted by atomic mass is 10.0. The van der Waals surface area contributed by atoms with Crippen molar-refractivity contribution in [2.45, 2.75) is 23.8 Å². The Morgan fingerprint density at radius 1 is 1.00 bits per heavy atom. The van der Waals surface area contributed by atoms with Crippen LogP contribution >= 0.6 is 11.8 Å². The average molecular weight is 253 g/mol. The van der Waals surface area contributed by atoms with Crippen LogP contribution in [0.4, 0.5) is 11.4 Å². The summed E-state index contributed by atoms with van der Waals surface area (Å²) in [7, 11) is 0. The summed E-state index contributed by atoms with van der Waals surface area (Å²) >= 11 is 1.82. The third-order valence-electron chi connectivity index (χ3n) is 4.08. The summed E-state index contributed by atoms with van der Waals surface area (Å²) in [5, 5.41) is 0. The molecule has 0 N–H and O–H groups in total. The largest absolute Gasteiger partial charge is 0.337 e. The molecular weight excluding hydrogens is 238 g/mol. The number of fused-ring (bicyclic) bond motifs is 5. The summed E-state index contributed by atoms with van der Waals surface area (Å²) in [5.74, 6) is 0. The first-order valence-corrected chi connectivity index (χ1v) is 7.63. The van der Waals surface area contributed by atoms with E-state index < -0.39 is 0 Å². The van der Waals surface area contributed by atoms with Gasteiger partial charge in [0.1, 0.15) is 0 Å². The molecule has 2 heterocycles. The summed E-state index contributed by atoms with van der Waals surface area (Å²) in [6.45, 7) is 0. The molecule has 0 amide bonds. The highest BCUT2D eigenvalue weighted by Gasteiger charge is 2.36. The molecule has 2 aromatic carbocycles. The van der Waals surface area contributed by atoms with Gasteiger partial charge in [0.15, 0.2) is 0 Å². The molecule has 2 aliphatic rings. The zero-order valence-corrected chi connectivity index (χ0v) is 11.2. The molecule has 0 radical (unpaired) electrons. The quantitative estimate of drug-likeness (QED) is 0.706. The van der Waals surface area contributed by atoms with Crippen LogP contribution in [-0.2, 0) is 12.8 Å². The van der Waals surface area contributed by atoms with Crippen molar-refractivity contribution in [2.24, 2.45) is 0 Å². The summed E-state index contributed by atoms with van der Waals surface area (Å²) in [5.41, 5.74) is 5.85. The van der Waals surface area contributed by atoms with Crippen LogP contribution in [0, 0.1) is 0 Å². The molecule has 0 bridgehead atoms. The van der Waals surface area contributed by atoms with Crippen LogP contribution < -0.4 is 4.90 Å². The molecule has 2 aromatic rings. The molecule has 18 heavy (non-hydrogen) atoms. The van der Waals surface area contributed by atoms with Crippen LogP contribution in [0.15, 0.2) is 47.4 Å². The van der Waals surface area contributed by atoms with Crippen molar-refractivity contribution in [3.63, 3.8) is 0 Å². The minimum absolute atomic E-state index is 0.648. The number of benzene rings is 2. The molecule has 1 nitrogen and oxygen atoms in total. The van der Waals surface area contributed by atoms with Gasteiger partial charge in [0.05, 0.1) is 0 Å². The number of thioether (sulfide) groups is 1. The maximum absolute atomic E-state index is 2.55. The van der Waals surface area contributed by atoms with E-state index in [9.17, 15) is 0 Å². The molecule has 90 valence electrons. The van der Waals surface area contributed by atoms with Crippen LogP contribution in [0.2, 0.25) is 0 Å². The fourth-order valence-electron chi connectivity index (χ4n) is 3.27. The Morgan fingerprint density at radius 2 is 1.78 bits per heavy atom. The zero-order valence-electron chi connectivity index (χ0n) is 10.4. The monoisotopic (exact) mass is 253 g/mol. The van der Waals surface area contributed by atoms with Crippen LogP contribution in [0.25, 0.3) is 0 Å². The van der Waals surface area contributed by atoms with E-state index in [2.05, 4.69) is 53.6 Å². The van der Waals surface area contributed by atoms with Gasteiger partial charge < -0.3 is 4.90 Å². The minimum atomic E-state index is 0.648. The molecule has 0 saturated heterocycles. The molecule has 0 fully saturated rings. The summed E-state index contributed by atoms with van der Waals surface area (Å²) in [4.78, 5) is 3.91. The van der Waals surface area contributed by atoms with Gasteiger partial charge >= 0.3 is 0 Å². The van der Waals surface area contributed by atoms with E-state index in [1.54, 1.807) is 0 Å². The van der Waals surface area contributed by atoms with Crippen molar-refractivity contribution in [2.75, 3.05) is 11.2 Å². The summed E-state index contributed by atoms with van der Waals surface area (Å²) in [6.07, 6.45) is 4.53. The Hall–Kier alpha value is -1.41. The number of hydrogen-bond acceptors (Lipinski definition) is 2. The lowest BCUT2D eigenvalue weighted by molar-refractivity contribution is 0.725. The molecule has 0 saturated carbocycles. The number of rotatable bonds is 1. The fourth-order valence-corrected chi connectivity index (χ4v) is 3.71. The van der Waals surface area contributed by atoms with Gasteiger partial charge in [0.2, 0.25) is 0 Å². The average Bonchev–Trinajstić information content (AvgIpc) is 2.93. The number of para-hydroxylation sites is 1. The van der Waals surface area contributed by atoms with Crippen molar-refractivity contribution >= 4 is 23.1 Å². The van der Waals surface area contributed by atoms with Gasteiger partial charge in [-0.1, -0.05) is 24.3 Å². The first-order valence-electron chi connectivity index (χ1n) is 6.41. The van der Waals surface area contributed by atoms with Gasteiger partial charge in [0.25, 0.3) is 0 Å². The molecule has 2 heteroatoms. The van der Waals surface area contributed by atoms with Crippen LogP contribution in [-0.4, -0.2) is 12.3 Å². The molecule has 0 spiro atoms. The number of hydrogen-bond donors (Lipinski definition) is 0. The minimum Gasteiger partial charge on any atom is -0.337 e. The van der Waals surface area contributed by atoms with E-state index in [1.165, 1.54) is 40.2 Å². The first-order chi connectivity index (χ1) is 8.86. The molecule has 4 rings (SSSR count). The van der Waals surface area contributed by atoms with Crippen molar-refractivity contribution in [3.8, 4) is 0 Å². The molecular formula is C16H15NS. The second kappa shape index (κ2) is 3.79. The fraction of sp³-hybridized carbons (Fsp3) is 0.250. The van der Waals surface area contributed by atoms with Gasteiger partial charge in [-0.3, -0.25) is 0 Å². The second-order valence-electron chi connectivity index (χ2n) is 5.06. The first kappa shape index (κ1) is 10.5. The van der Waals surface area contributed by atoms with Crippen molar-refractivity contribution in [1.29, 1.82) is 0 Å². The van der Waals surface area contributed by atoms with E-state index in [0.29, 0.717) is 6.04 Å². The van der Waals surface area contributed by atoms with E-state index in [1.807, 2.05) is 11.8 Å². The Balaban J connectivity index is 1.88. The predicted molar refractivity (Wildman–Crippen MR) is 78.0 cm³/mol. The van der Waals surface area contributed by atoms with Gasteiger partial charge in [-0.2, -0.15) is 0 Å². The molecule has 0 aliphatic carbocycles. The molecule has 0 aromatic heterocycles. The second-order valence-corrected chi connectivity index (χ2v) is 5.94. The van der Waals surface area contributed by atoms with Gasteiger partial charge in [0, 0.05) is 22.3 Å². The van der Waals surface area contributed by atoms with E-state index in [4.69, 9.17) is 0 Å². The van der Waals surface area contributed by atoms with Gasteiger partial charge in [-0.25, -0.2) is 0 Å². The normalized spacial score (nSPS) is 19.6. The lowest BCUT2D eigenvalue weighted by Crippen LogP contribution is -2.22. The highest BCUT2D eigenvalue weighted by Crippen LogP contribution is 2.46. The van der Waals surface area contributed by atoms with E-state index in [0.717, 1.165) is 0 Å². The van der Waals surface area contributed by atoms with Crippen LogP contribution in [0.3, 0.4) is 0 Å². The van der Waals surface area contributed by atoms with Crippen molar-refractivity contribution < 1.29 is 0 Å². The maximum atomic E-state index is 2.55. The maximum Gasteiger partial charge on any atom is 0.0458 e. The Bertz CT molecular complexity index is 620. The Kier molecular flexibility index (Phi) is 2.21. The smallest absolute Gasteiger partial charge is 0.0458 e. The standard InChI is InChI=1S/C16H15NS/c1-18-14-7-6-12-9-13-8-11-4-2-3-5-15(11)17(13)16(12)10-14/h2-7,10,13H,8-9H2,1H3. The molecule has 1 atom stereocenters. The third-order valence-corrected chi connectivity index (χ3v) is 4.80. The highest BCUT2D eigenvalue weighted by atomic mass is 32.2. The van der Waals surface area contributed by atoms with Gasteiger partial charge in [-0.15, -0.1) is 11.8 Å². The summed E-state index contributed by atoms with van der Waals surface area (Å²) in [6, 6.07) is 16.4. The number of nitrogens with zero attached hydrogens (tertiary/aromatic N) is 1. The van der Waals surface area contributed by atoms with Crippen LogP contribution in [0.5, 0.6) is 0 Å². The lowest BCUT2D eigenvalue weighted by Gasteiger charge is -2.20. The molecule has 1 unspecified atom stereocenters. The molecule has 2 aliphatic heterocycles. The SMILES string of the molecule is CSc1ccc2c(c1)N1c3ccccc3CC1C2. The number of anilines is 2. The van der Waals surface area contributed by atoms with E-state index in [-0.39, 0.29) is 0 Å². The Morgan fingerprint density at radius 3 is 2.61 bits per heavy atom. The van der Waals surface area contributed by atoms with Crippen LogP contribution in [0.1, 0.15) is 11.1 Å². The van der Waals surface area contributed by atoms with Crippen molar-refractivity contribution in [1.82, 2.24) is 0 Å². The Labute approximate surface area is 112 Å². The van der Waals surface area contributed by atoms with Crippen molar-refractivity contribution in [3.05, 3.63) is 53.6 Å². The topological polar surface area (TPSA) is 3.24 Å². The third kappa shape index (κ3) is 1.36.